The molecule has 2 aliphatic rings. The Labute approximate surface area is 145 Å². The summed E-state index contributed by atoms with van der Waals surface area (Å²) >= 11 is 1.71. The van der Waals surface area contributed by atoms with Crippen LogP contribution in [0.1, 0.15) is 44.7 Å². The zero-order valence-corrected chi connectivity index (χ0v) is 14.8. The van der Waals surface area contributed by atoms with Crippen LogP contribution in [0.25, 0.3) is 0 Å². The molecule has 1 aliphatic carbocycles. The summed E-state index contributed by atoms with van der Waals surface area (Å²) in [4.78, 5) is 23.6. The molecule has 1 saturated heterocycles. The third-order valence-electron chi connectivity index (χ3n) is 4.80. The molecule has 1 aliphatic heterocycles. The van der Waals surface area contributed by atoms with E-state index in [4.69, 9.17) is 4.52 Å². The first-order valence-corrected chi connectivity index (χ1v) is 9.43. The molecule has 0 saturated carbocycles. The minimum Gasteiger partial charge on any atom is -0.340 e. The number of aromatic nitrogens is 2. The van der Waals surface area contributed by atoms with Gasteiger partial charge in [0.25, 0.3) is 5.91 Å². The van der Waals surface area contributed by atoms with E-state index in [0.29, 0.717) is 12.4 Å². The van der Waals surface area contributed by atoms with Crippen molar-refractivity contribution in [2.24, 2.45) is 0 Å². The van der Waals surface area contributed by atoms with Gasteiger partial charge in [-0.1, -0.05) is 5.16 Å². The smallest absolute Gasteiger partial charge is 0.264 e. The number of amides is 1. The number of carbonyl (C=O) groups is 1. The van der Waals surface area contributed by atoms with Crippen LogP contribution in [-0.4, -0.2) is 52.0 Å². The van der Waals surface area contributed by atoms with E-state index in [9.17, 15) is 4.79 Å². The van der Waals surface area contributed by atoms with Crippen LogP contribution >= 0.6 is 11.3 Å². The van der Waals surface area contributed by atoms with Gasteiger partial charge >= 0.3 is 0 Å². The Morgan fingerprint density at radius 3 is 2.75 bits per heavy atom. The Morgan fingerprint density at radius 2 is 2.04 bits per heavy atom. The fourth-order valence-corrected chi connectivity index (χ4v) is 4.69. The molecule has 0 atom stereocenters. The van der Waals surface area contributed by atoms with Gasteiger partial charge in [0.05, 0.1) is 11.4 Å². The van der Waals surface area contributed by atoms with Gasteiger partial charge in [-0.15, -0.1) is 11.3 Å². The third kappa shape index (κ3) is 3.23. The molecule has 7 heteroatoms. The van der Waals surface area contributed by atoms with E-state index >= 15 is 0 Å². The molecule has 24 heavy (non-hydrogen) atoms. The zero-order chi connectivity index (χ0) is 16.5. The van der Waals surface area contributed by atoms with Crippen molar-refractivity contribution in [3.63, 3.8) is 0 Å². The summed E-state index contributed by atoms with van der Waals surface area (Å²) in [6.45, 7) is 5.71. The molecular formula is C17H22N4O2S. The van der Waals surface area contributed by atoms with Crippen molar-refractivity contribution in [3.05, 3.63) is 33.1 Å². The highest BCUT2D eigenvalue weighted by molar-refractivity contribution is 7.14. The zero-order valence-electron chi connectivity index (χ0n) is 14.0. The van der Waals surface area contributed by atoms with Crippen LogP contribution in [0.2, 0.25) is 0 Å². The molecule has 1 amide bonds. The topological polar surface area (TPSA) is 62.5 Å². The molecule has 0 bridgehead atoms. The maximum absolute atomic E-state index is 12.8. The summed E-state index contributed by atoms with van der Waals surface area (Å²) in [6, 6.07) is 2.13. The molecule has 3 heterocycles. The highest BCUT2D eigenvalue weighted by Gasteiger charge is 2.25. The van der Waals surface area contributed by atoms with Crippen molar-refractivity contribution in [2.45, 2.75) is 39.2 Å². The summed E-state index contributed by atoms with van der Waals surface area (Å²) < 4.78 is 5.01. The largest absolute Gasteiger partial charge is 0.340 e. The number of carbonyl (C=O) groups excluding carboxylic acids is 1. The molecule has 0 radical (unpaired) electrons. The molecule has 2 aromatic heterocycles. The lowest BCUT2D eigenvalue weighted by molar-refractivity contribution is 0.0629. The van der Waals surface area contributed by atoms with Gasteiger partial charge in [0, 0.05) is 38.0 Å². The van der Waals surface area contributed by atoms with Gasteiger partial charge in [0.1, 0.15) is 0 Å². The maximum Gasteiger partial charge on any atom is 0.264 e. The van der Waals surface area contributed by atoms with Gasteiger partial charge in [0.15, 0.2) is 5.82 Å². The van der Waals surface area contributed by atoms with Crippen LogP contribution < -0.4 is 0 Å². The second-order valence-electron chi connectivity index (χ2n) is 6.56. The van der Waals surface area contributed by atoms with Gasteiger partial charge in [-0.2, -0.15) is 4.98 Å². The number of piperazine rings is 1. The van der Waals surface area contributed by atoms with Crippen LogP contribution in [0.4, 0.5) is 0 Å². The number of hydrogen-bond donors (Lipinski definition) is 0. The van der Waals surface area contributed by atoms with Crippen molar-refractivity contribution in [2.75, 3.05) is 26.2 Å². The van der Waals surface area contributed by atoms with E-state index in [1.807, 2.05) is 4.90 Å². The predicted molar refractivity (Wildman–Crippen MR) is 91.2 cm³/mol. The van der Waals surface area contributed by atoms with Crippen molar-refractivity contribution >= 4 is 17.2 Å². The number of fused-ring (bicyclic) bond motifs is 1. The first-order valence-electron chi connectivity index (χ1n) is 8.61. The summed E-state index contributed by atoms with van der Waals surface area (Å²) in [5.41, 5.74) is 1.40. The van der Waals surface area contributed by atoms with E-state index < -0.39 is 0 Å². The summed E-state index contributed by atoms with van der Waals surface area (Å²) in [7, 11) is 0. The first kappa shape index (κ1) is 15.8. The fraction of sp³-hybridized carbons (Fsp3) is 0.588. The summed E-state index contributed by atoms with van der Waals surface area (Å²) in [5, 5.41) is 3.94. The number of rotatable bonds is 3. The normalized spacial score (nSPS) is 18.6. The minimum absolute atomic E-state index is 0.199. The van der Waals surface area contributed by atoms with E-state index in [2.05, 4.69) is 21.1 Å². The highest BCUT2D eigenvalue weighted by Crippen LogP contribution is 2.30. The van der Waals surface area contributed by atoms with Crippen molar-refractivity contribution in [1.29, 1.82) is 0 Å². The first-order chi connectivity index (χ1) is 11.7. The molecule has 6 nitrogen and oxygen atoms in total. The Bertz CT molecular complexity index is 707. The molecule has 128 valence electrons. The Hall–Kier alpha value is -1.73. The number of aryl methyl sites for hydroxylation is 3. The van der Waals surface area contributed by atoms with Crippen LogP contribution in [0.3, 0.4) is 0 Å². The highest BCUT2D eigenvalue weighted by atomic mass is 32.1. The van der Waals surface area contributed by atoms with E-state index in [0.717, 1.165) is 49.7 Å². The van der Waals surface area contributed by atoms with Crippen LogP contribution in [0, 0.1) is 6.92 Å². The average molecular weight is 346 g/mol. The second kappa shape index (κ2) is 6.64. The Kier molecular flexibility index (Phi) is 4.37. The number of thiophene rings is 1. The summed E-state index contributed by atoms with van der Waals surface area (Å²) in [5.74, 6) is 1.52. The van der Waals surface area contributed by atoms with Crippen molar-refractivity contribution in [1.82, 2.24) is 19.9 Å². The molecule has 0 N–H and O–H groups in total. The SMILES string of the molecule is Cc1nc(CN2CCN(C(=O)c3cc4c(s3)CCCC4)CC2)no1. The lowest BCUT2D eigenvalue weighted by atomic mass is 9.99. The summed E-state index contributed by atoms with van der Waals surface area (Å²) in [6.07, 6.45) is 4.79. The molecule has 1 fully saturated rings. The minimum atomic E-state index is 0.199. The maximum atomic E-state index is 12.8. The van der Waals surface area contributed by atoms with Crippen LogP contribution in [0.15, 0.2) is 10.6 Å². The molecule has 0 aromatic carbocycles. The van der Waals surface area contributed by atoms with Crippen LogP contribution in [-0.2, 0) is 19.4 Å². The third-order valence-corrected chi connectivity index (χ3v) is 6.03. The van der Waals surface area contributed by atoms with Gasteiger partial charge in [-0.05, 0) is 37.3 Å². The van der Waals surface area contributed by atoms with E-state index in [1.165, 1.54) is 23.3 Å². The predicted octanol–water partition coefficient (Wildman–Crippen LogP) is 2.28. The number of nitrogens with zero attached hydrogens (tertiary/aromatic N) is 4. The van der Waals surface area contributed by atoms with Gasteiger partial charge in [-0.3, -0.25) is 9.69 Å². The Morgan fingerprint density at radius 1 is 1.25 bits per heavy atom. The van der Waals surface area contributed by atoms with E-state index in [-0.39, 0.29) is 5.91 Å². The van der Waals surface area contributed by atoms with Crippen molar-refractivity contribution in [3.8, 4) is 0 Å². The fourth-order valence-electron chi connectivity index (χ4n) is 3.47. The molecule has 4 rings (SSSR count). The Balaban J connectivity index is 1.35. The quantitative estimate of drug-likeness (QED) is 0.853. The average Bonchev–Trinajstić information content (AvgIpc) is 3.21. The lowest BCUT2D eigenvalue weighted by Crippen LogP contribution is -2.48. The molecular weight excluding hydrogens is 324 g/mol. The van der Waals surface area contributed by atoms with Crippen molar-refractivity contribution < 1.29 is 9.32 Å². The second-order valence-corrected chi connectivity index (χ2v) is 7.70. The van der Waals surface area contributed by atoms with Gasteiger partial charge < -0.3 is 9.42 Å². The van der Waals surface area contributed by atoms with Gasteiger partial charge in [0.2, 0.25) is 5.89 Å². The molecule has 0 unspecified atom stereocenters. The monoisotopic (exact) mass is 346 g/mol. The number of hydrogen-bond acceptors (Lipinski definition) is 6. The molecule has 0 spiro atoms. The lowest BCUT2D eigenvalue weighted by Gasteiger charge is -2.33. The van der Waals surface area contributed by atoms with Gasteiger partial charge in [-0.25, -0.2) is 0 Å². The van der Waals surface area contributed by atoms with Crippen LogP contribution in [0.5, 0.6) is 0 Å². The van der Waals surface area contributed by atoms with E-state index in [1.54, 1.807) is 18.3 Å². The molecule has 2 aromatic rings. The standard InChI is InChI=1S/C17H22N4O2S/c1-12-18-16(19-23-12)11-20-6-8-21(9-7-20)17(22)15-10-13-4-2-3-5-14(13)24-15/h10H,2-9,11H2,1H3.